The fraction of sp³-hybridized carbons (Fsp3) is 0.296. The first-order valence-corrected chi connectivity index (χ1v) is 14.5. The quantitative estimate of drug-likeness (QED) is 0.340. The number of aromatic amines is 1. The largest absolute Gasteiger partial charge is 0.493 e. The number of benzene rings is 3. The molecule has 4 rings (SSSR count). The summed E-state index contributed by atoms with van der Waals surface area (Å²) >= 11 is 0. The van der Waals surface area contributed by atoms with E-state index in [1.165, 1.54) is 30.3 Å². The molecular weight excluding hydrogens is 483 g/mol. The SMILES string of the molecule is CCOc1cc(C(CS(C)(C)(=O)O)n2c(=O)[nH]c3c(Cc4ccccc4F)cccc32)ccc1OC. The molecule has 0 aliphatic carbocycles. The highest BCUT2D eigenvalue weighted by Gasteiger charge is 2.28. The monoisotopic (exact) mass is 514 g/mol. The van der Waals surface area contributed by atoms with Crippen molar-refractivity contribution >= 4 is 20.4 Å². The first kappa shape index (κ1) is 25.7. The van der Waals surface area contributed by atoms with Gasteiger partial charge in [0.1, 0.15) is 5.82 Å². The molecule has 0 aliphatic heterocycles. The maximum absolute atomic E-state index is 14.3. The van der Waals surface area contributed by atoms with Gasteiger partial charge < -0.3 is 19.0 Å². The predicted octanol–water partition coefficient (Wildman–Crippen LogP) is 4.61. The molecule has 36 heavy (non-hydrogen) atoms. The molecule has 0 bridgehead atoms. The Hall–Kier alpha value is -3.43. The molecule has 0 spiro atoms. The van der Waals surface area contributed by atoms with Gasteiger partial charge in [-0.2, -0.15) is 9.35 Å². The molecule has 7 nitrogen and oxygen atoms in total. The number of halogens is 1. The van der Waals surface area contributed by atoms with Crippen molar-refractivity contribution < 1.29 is 22.6 Å². The summed E-state index contributed by atoms with van der Waals surface area (Å²) in [6, 6.07) is 16.4. The van der Waals surface area contributed by atoms with Crippen LogP contribution >= 0.6 is 0 Å². The Morgan fingerprint density at radius 1 is 1.06 bits per heavy atom. The van der Waals surface area contributed by atoms with Gasteiger partial charge in [-0.15, -0.1) is 0 Å². The molecule has 0 fully saturated rings. The molecule has 4 aromatic rings. The second-order valence-electron chi connectivity index (χ2n) is 9.41. The van der Waals surface area contributed by atoms with Crippen molar-refractivity contribution in [3.05, 3.63) is 93.7 Å². The van der Waals surface area contributed by atoms with E-state index >= 15 is 0 Å². The van der Waals surface area contributed by atoms with Gasteiger partial charge in [0, 0.05) is 18.9 Å². The van der Waals surface area contributed by atoms with E-state index in [0.717, 1.165) is 5.56 Å². The topological polar surface area (TPSA) is 93.5 Å². The van der Waals surface area contributed by atoms with Crippen LogP contribution in [0, 0.1) is 5.82 Å². The third-order valence-corrected chi connectivity index (χ3v) is 7.26. The second-order valence-corrected chi connectivity index (χ2v) is 13.8. The normalized spacial score (nSPS) is 13.8. The molecule has 1 unspecified atom stereocenters. The lowest BCUT2D eigenvalue weighted by Crippen LogP contribution is -2.39. The minimum atomic E-state index is -4.06. The van der Waals surface area contributed by atoms with Gasteiger partial charge in [-0.25, -0.2) is 13.4 Å². The fourth-order valence-electron chi connectivity index (χ4n) is 4.45. The number of ether oxygens (including phenoxy) is 2. The minimum Gasteiger partial charge on any atom is -0.493 e. The van der Waals surface area contributed by atoms with Crippen molar-refractivity contribution in [3.8, 4) is 11.5 Å². The number of nitrogens with zero attached hydrogens (tertiary/aromatic N) is 1. The fourth-order valence-corrected chi connectivity index (χ4v) is 5.69. The van der Waals surface area contributed by atoms with Crippen LogP contribution in [0.15, 0.2) is 65.5 Å². The lowest BCUT2D eigenvalue weighted by atomic mass is 10.0. The maximum Gasteiger partial charge on any atom is 0.327 e. The van der Waals surface area contributed by atoms with E-state index in [4.69, 9.17) is 9.47 Å². The molecule has 192 valence electrons. The summed E-state index contributed by atoms with van der Waals surface area (Å²) in [6.07, 6.45) is 2.87. The van der Waals surface area contributed by atoms with E-state index in [1.807, 2.05) is 13.0 Å². The number of methoxy groups -OCH3 is 1. The highest BCUT2D eigenvalue weighted by molar-refractivity contribution is 8.13. The van der Waals surface area contributed by atoms with E-state index in [-0.39, 0.29) is 18.0 Å². The van der Waals surface area contributed by atoms with Crippen LogP contribution in [0.25, 0.3) is 11.0 Å². The molecule has 0 aliphatic rings. The Bertz CT molecular complexity index is 1520. The maximum atomic E-state index is 14.3. The molecule has 0 saturated carbocycles. The molecule has 0 radical (unpaired) electrons. The van der Waals surface area contributed by atoms with Gasteiger partial charge in [0.2, 0.25) is 0 Å². The summed E-state index contributed by atoms with van der Waals surface area (Å²) in [5.74, 6) is 0.479. The molecule has 1 atom stereocenters. The third-order valence-electron chi connectivity index (χ3n) is 6.00. The van der Waals surface area contributed by atoms with Crippen LogP contribution in [0.5, 0.6) is 11.5 Å². The molecule has 0 amide bonds. The van der Waals surface area contributed by atoms with E-state index in [2.05, 4.69) is 4.98 Å². The zero-order valence-corrected chi connectivity index (χ0v) is 21.6. The molecule has 1 aromatic heterocycles. The lowest BCUT2D eigenvalue weighted by molar-refractivity contribution is 0.310. The molecule has 3 aromatic carbocycles. The average Bonchev–Trinajstić information content (AvgIpc) is 3.15. The highest BCUT2D eigenvalue weighted by Crippen LogP contribution is 2.35. The van der Waals surface area contributed by atoms with Gasteiger partial charge in [0.05, 0.1) is 36.5 Å². The number of aromatic nitrogens is 2. The van der Waals surface area contributed by atoms with Gasteiger partial charge >= 0.3 is 5.69 Å². The van der Waals surface area contributed by atoms with Gasteiger partial charge in [0.25, 0.3) is 0 Å². The van der Waals surface area contributed by atoms with Crippen LogP contribution in [0.3, 0.4) is 0 Å². The first-order chi connectivity index (χ1) is 17.0. The molecule has 0 saturated heterocycles. The Balaban J connectivity index is 1.90. The van der Waals surface area contributed by atoms with Crippen LogP contribution in [-0.2, 0) is 15.8 Å². The summed E-state index contributed by atoms with van der Waals surface area (Å²) in [5, 5.41) is 0. The summed E-state index contributed by atoms with van der Waals surface area (Å²) in [5.41, 5.74) is 2.56. The van der Waals surface area contributed by atoms with E-state index in [1.54, 1.807) is 48.5 Å². The zero-order chi connectivity index (χ0) is 26.1. The first-order valence-electron chi connectivity index (χ1n) is 11.6. The average molecular weight is 515 g/mol. The summed E-state index contributed by atoms with van der Waals surface area (Å²) in [4.78, 5) is 16.3. The molecule has 2 N–H and O–H groups in total. The van der Waals surface area contributed by atoms with Crippen molar-refractivity contribution in [2.75, 3.05) is 32.0 Å². The smallest absolute Gasteiger partial charge is 0.327 e. The van der Waals surface area contributed by atoms with E-state index < -0.39 is 21.1 Å². The number of hydrogen-bond acceptors (Lipinski definition) is 4. The summed E-state index contributed by atoms with van der Waals surface area (Å²) in [6.45, 7) is 2.25. The van der Waals surface area contributed by atoms with Crippen molar-refractivity contribution in [3.63, 3.8) is 0 Å². The number of fused-ring (bicyclic) bond motifs is 1. The Morgan fingerprint density at radius 2 is 1.78 bits per heavy atom. The predicted molar refractivity (Wildman–Crippen MR) is 142 cm³/mol. The van der Waals surface area contributed by atoms with Gasteiger partial charge in [-0.1, -0.05) is 36.4 Å². The van der Waals surface area contributed by atoms with Gasteiger partial charge in [-0.05, 0) is 47.9 Å². The molecular formula is C27H31FN2O5S. The van der Waals surface area contributed by atoms with Crippen LogP contribution in [0.2, 0.25) is 0 Å². The van der Waals surface area contributed by atoms with Crippen molar-refractivity contribution in [2.24, 2.45) is 0 Å². The number of rotatable bonds is 9. The molecule has 9 heteroatoms. The van der Waals surface area contributed by atoms with Crippen LogP contribution in [0.1, 0.15) is 29.7 Å². The van der Waals surface area contributed by atoms with Crippen LogP contribution < -0.4 is 15.2 Å². The van der Waals surface area contributed by atoms with E-state index in [0.29, 0.717) is 40.3 Å². The zero-order valence-electron chi connectivity index (χ0n) is 20.8. The number of imidazole rings is 1. The summed E-state index contributed by atoms with van der Waals surface area (Å²) < 4.78 is 50.8. The van der Waals surface area contributed by atoms with Crippen molar-refractivity contribution in [1.29, 1.82) is 0 Å². The number of nitrogens with one attached hydrogen (secondary N) is 1. The van der Waals surface area contributed by atoms with Gasteiger partial charge in [-0.3, -0.25) is 4.57 Å². The Labute approximate surface area is 209 Å². The Kier molecular flexibility index (Phi) is 6.81. The number of para-hydroxylation sites is 1. The minimum absolute atomic E-state index is 0.195. The summed E-state index contributed by atoms with van der Waals surface area (Å²) in [7, 11) is -2.53. The van der Waals surface area contributed by atoms with Gasteiger partial charge in [0.15, 0.2) is 11.5 Å². The van der Waals surface area contributed by atoms with Crippen LogP contribution in [-0.4, -0.2) is 50.3 Å². The van der Waals surface area contributed by atoms with Crippen LogP contribution in [0.4, 0.5) is 4.39 Å². The molecule has 1 heterocycles. The Morgan fingerprint density at radius 3 is 2.44 bits per heavy atom. The number of H-pyrrole nitrogens is 1. The van der Waals surface area contributed by atoms with E-state index in [9.17, 15) is 17.9 Å². The second kappa shape index (κ2) is 9.55. The highest BCUT2D eigenvalue weighted by atomic mass is 32.3. The van der Waals surface area contributed by atoms with Crippen molar-refractivity contribution in [1.82, 2.24) is 9.55 Å². The standard InChI is InChI=1S/C27H31FN2O5S/c1-5-35-25-16-19(13-14-24(25)34-2)23(17-36(3,4,32)33)30-22-12-8-10-20(26(22)29-27(30)31)15-18-9-6-7-11-21(18)28/h6-14,16,23H,5,15,17H2,1-4H3,(H,29,31)(H,32,33). The lowest BCUT2D eigenvalue weighted by Gasteiger charge is -2.37. The number of hydrogen-bond donors (Lipinski definition) is 2. The third kappa shape index (κ3) is 5.52. The van der Waals surface area contributed by atoms with Crippen molar-refractivity contribution in [2.45, 2.75) is 19.4 Å².